The maximum atomic E-state index is 11.0. The van der Waals surface area contributed by atoms with Crippen molar-refractivity contribution in [2.24, 2.45) is 0 Å². The number of benzene rings is 2. The van der Waals surface area contributed by atoms with Crippen molar-refractivity contribution in [1.82, 2.24) is 0 Å². The first-order valence-electron chi connectivity index (χ1n) is 5.83. The molecule has 1 unspecified atom stereocenters. The second-order valence-electron chi connectivity index (χ2n) is 4.20. The van der Waals surface area contributed by atoms with E-state index >= 15 is 0 Å². The van der Waals surface area contributed by atoms with Gasteiger partial charge in [0.25, 0.3) is 5.69 Å². The lowest BCUT2D eigenvalue weighted by Crippen LogP contribution is -2.08. The van der Waals surface area contributed by atoms with Crippen molar-refractivity contribution in [3.05, 3.63) is 69.2 Å². The van der Waals surface area contributed by atoms with Crippen LogP contribution in [0.4, 0.5) is 11.4 Å². The molecule has 0 bridgehead atoms. The van der Waals surface area contributed by atoms with Crippen LogP contribution in [0.3, 0.4) is 0 Å². The second kappa shape index (κ2) is 5.71. The SMILES string of the molecule is CC(Nc1ccc(Cl)cc1[N+](=O)[O-])c1ccccc1. The molecule has 0 aromatic heterocycles. The summed E-state index contributed by atoms with van der Waals surface area (Å²) in [4.78, 5) is 10.6. The van der Waals surface area contributed by atoms with Gasteiger partial charge in [-0.05, 0) is 24.6 Å². The summed E-state index contributed by atoms with van der Waals surface area (Å²) in [6.07, 6.45) is 0. The molecular formula is C14H13ClN2O2. The first-order chi connectivity index (χ1) is 9.08. The largest absolute Gasteiger partial charge is 0.373 e. The molecule has 0 radical (unpaired) electrons. The maximum absolute atomic E-state index is 11.0. The molecule has 4 nitrogen and oxygen atoms in total. The van der Waals surface area contributed by atoms with Crippen LogP contribution in [0.25, 0.3) is 0 Å². The van der Waals surface area contributed by atoms with Gasteiger partial charge in [-0.2, -0.15) is 0 Å². The molecule has 0 saturated heterocycles. The van der Waals surface area contributed by atoms with Gasteiger partial charge in [0.2, 0.25) is 0 Å². The van der Waals surface area contributed by atoms with Gasteiger partial charge < -0.3 is 5.32 Å². The van der Waals surface area contributed by atoms with Gasteiger partial charge in [0.05, 0.1) is 4.92 Å². The molecule has 19 heavy (non-hydrogen) atoms. The number of rotatable bonds is 4. The van der Waals surface area contributed by atoms with E-state index in [9.17, 15) is 10.1 Å². The average molecular weight is 277 g/mol. The Morgan fingerprint density at radius 2 is 1.89 bits per heavy atom. The predicted molar refractivity (Wildman–Crippen MR) is 76.6 cm³/mol. The van der Waals surface area contributed by atoms with Gasteiger partial charge in [0.15, 0.2) is 0 Å². The minimum Gasteiger partial charge on any atom is -0.373 e. The Kier molecular flexibility index (Phi) is 4.02. The number of hydrogen-bond acceptors (Lipinski definition) is 3. The highest BCUT2D eigenvalue weighted by Crippen LogP contribution is 2.30. The molecule has 0 fully saturated rings. The van der Waals surface area contributed by atoms with Crippen molar-refractivity contribution in [2.45, 2.75) is 13.0 Å². The Morgan fingerprint density at radius 1 is 1.21 bits per heavy atom. The van der Waals surface area contributed by atoms with Crippen molar-refractivity contribution in [1.29, 1.82) is 0 Å². The molecule has 0 amide bonds. The molecule has 0 aliphatic heterocycles. The number of nitrogens with zero attached hydrogens (tertiary/aromatic N) is 1. The minimum atomic E-state index is -0.439. The van der Waals surface area contributed by atoms with Crippen LogP contribution in [0.2, 0.25) is 5.02 Å². The molecule has 0 aliphatic carbocycles. The van der Waals surface area contributed by atoms with Crippen LogP contribution < -0.4 is 5.32 Å². The van der Waals surface area contributed by atoms with Gasteiger partial charge >= 0.3 is 0 Å². The van der Waals surface area contributed by atoms with Gasteiger partial charge in [0.1, 0.15) is 5.69 Å². The van der Waals surface area contributed by atoms with Gasteiger partial charge in [-0.3, -0.25) is 10.1 Å². The molecule has 0 saturated carbocycles. The Morgan fingerprint density at radius 3 is 2.53 bits per heavy atom. The first-order valence-corrected chi connectivity index (χ1v) is 6.21. The van der Waals surface area contributed by atoms with Crippen LogP contribution in [0.5, 0.6) is 0 Å². The van der Waals surface area contributed by atoms with E-state index in [2.05, 4.69) is 5.32 Å². The fourth-order valence-corrected chi connectivity index (χ4v) is 2.00. The topological polar surface area (TPSA) is 55.2 Å². The van der Waals surface area contributed by atoms with Crippen LogP contribution in [0, 0.1) is 10.1 Å². The number of nitro groups is 1. The number of nitrogens with one attached hydrogen (secondary N) is 1. The molecule has 2 aromatic carbocycles. The number of halogens is 1. The molecule has 0 heterocycles. The molecule has 0 aliphatic rings. The molecule has 1 atom stereocenters. The maximum Gasteiger partial charge on any atom is 0.293 e. The second-order valence-corrected chi connectivity index (χ2v) is 4.63. The zero-order valence-electron chi connectivity index (χ0n) is 10.3. The van der Waals surface area contributed by atoms with E-state index in [0.717, 1.165) is 5.56 Å². The van der Waals surface area contributed by atoms with Crippen molar-refractivity contribution < 1.29 is 4.92 Å². The summed E-state index contributed by atoms with van der Waals surface area (Å²) in [5.74, 6) is 0. The Hall–Kier alpha value is -2.07. The molecule has 98 valence electrons. The van der Waals surface area contributed by atoms with Crippen LogP contribution >= 0.6 is 11.6 Å². The Bertz CT molecular complexity index is 587. The predicted octanol–water partition coefficient (Wildman–Crippen LogP) is 4.42. The smallest absolute Gasteiger partial charge is 0.293 e. The quantitative estimate of drug-likeness (QED) is 0.664. The zero-order valence-corrected chi connectivity index (χ0v) is 11.1. The van der Waals surface area contributed by atoms with E-state index in [1.54, 1.807) is 12.1 Å². The highest BCUT2D eigenvalue weighted by atomic mass is 35.5. The standard InChI is InChI=1S/C14H13ClN2O2/c1-10(11-5-3-2-4-6-11)16-13-8-7-12(15)9-14(13)17(18)19/h2-10,16H,1H3. The summed E-state index contributed by atoms with van der Waals surface area (Å²) in [5, 5.41) is 14.5. The number of hydrogen-bond donors (Lipinski definition) is 1. The van der Waals surface area contributed by atoms with E-state index < -0.39 is 4.92 Å². The normalized spacial score (nSPS) is 11.9. The average Bonchev–Trinajstić information content (AvgIpc) is 2.41. The Balaban J connectivity index is 2.26. The lowest BCUT2D eigenvalue weighted by Gasteiger charge is -2.15. The van der Waals surface area contributed by atoms with Crippen LogP contribution in [0.1, 0.15) is 18.5 Å². The summed E-state index contributed by atoms with van der Waals surface area (Å²) in [5.41, 5.74) is 1.51. The van der Waals surface area contributed by atoms with E-state index in [-0.39, 0.29) is 11.7 Å². The van der Waals surface area contributed by atoms with E-state index in [1.165, 1.54) is 6.07 Å². The summed E-state index contributed by atoms with van der Waals surface area (Å²) < 4.78 is 0. The van der Waals surface area contributed by atoms with Gasteiger partial charge in [-0.15, -0.1) is 0 Å². The summed E-state index contributed by atoms with van der Waals surface area (Å²) in [7, 11) is 0. The highest BCUT2D eigenvalue weighted by Gasteiger charge is 2.16. The molecular weight excluding hydrogens is 264 g/mol. The molecule has 2 rings (SSSR count). The number of anilines is 1. The molecule has 1 N–H and O–H groups in total. The highest BCUT2D eigenvalue weighted by molar-refractivity contribution is 6.30. The first kappa shape index (κ1) is 13.4. The van der Waals surface area contributed by atoms with Crippen LogP contribution in [0.15, 0.2) is 48.5 Å². The summed E-state index contributed by atoms with van der Waals surface area (Å²) in [6.45, 7) is 1.95. The van der Waals surface area contributed by atoms with Crippen LogP contribution in [-0.4, -0.2) is 4.92 Å². The van der Waals surface area contributed by atoms with Crippen LogP contribution in [-0.2, 0) is 0 Å². The summed E-state index contributed by atoms with van der Waals surface area (Å²) in [6, 6.07) is 14.3. The molecule has 0 spiro atoms. The third-order valence-electron chi connectivity index (χ3n) is 2.83. The van der Waals surface area contributed by atoms with Gasteiger partial charge in [-0.1, -0.05) is 41.9 Å². The van der Waals surface area contributed by atoms with Crippen molar-refractivity contribution >= 4 is 23.0 Å². The molecule has 5 heteroatoms. The number of nitro benzene ring substituents is 1. The van der Waals surface area contributed by atoms with Crippen molar-refractivity contribution in [3.63, 3.8) is 0 Å². The van der Waals surface area contributed by atoms with Gasteiger partial charge in [-0.25, -0.2) is 0 Å². The fourth-order valence-electron chi connectivity index (χ4n) is 1.84. The summed E-state index contributed by atoms with van der Waals surface area (Å²) >= 11 is 5.78. The molecule has 2 aromatic rings. The van der Waals surface area contributed by atoms with Crippen molar-refractivity contribution in [3.8, 4) is 0 Å². The minimum absolute atomic E-state index is 0.0183. The van der Waals surface area contributed by atoms with E-state index in [4.69, 9.17) is 11.6 Å². The lowest BCUT2D eigenvalue weighted by molar-refractivity contribution is -0.384. The monoisotopic (exact) mass is 276 g/mol. The third kappa shape index (κ3) is 3.23. The third-order valence-corrected chi connectivity index (χ3v) is 3.06. The van der Waals surface area contributed by atoms with Crippen molar-refractivity contribution in [2.75, 3.05) is 5.32 Å². The Labute approximate surface area is 116 Å². The van der Waals surface area contributed by atoms with Gasteiger partial charge in [0, 0.05) is 17.1 Å². The van der Waals surface area contributed by atoms with E-state index in [0.29, 0.717) is 10.7 Å². The van der Waals surface area contributed by atoms with E-state index in [1.807, 2.05) is 37.3 Å². The lowest BCUT2D eigenvalue weighted by atomic mass is 10.1. The fraction of sp³-hybridized carbons (Fsp3) is 0.143. The zero-order chi connectivity index (χ0) is 13.8.